The number of carbonyl (C=O) groups is 1. The second kappa shape index (κ2) is 23.5. The molecule has 0 saturated carbocycles. The molecule has 0 heterocycles. The predicted octanol–water partition coefficient (Wildman–Crippen LogP) is 8.51. The van der Waals surface area contributed by atoms with Crippen molar-refractivity contribution < 1.29 is 14.5 Å². The van der Waals surface area contributed by atoms with Gasteiger partial charge in [-0.15, -0.1) is 0 Å². The second-order valence-electron chi connectivity index (χ2n) is 7.86. The van der Waals surface area contributed by atoms with Gasteiger partial charge < -0.3 is 5.11 Å². The first kappa shape index (κ1) is 26.5. The quantitative estimate of drug-likeness (QED) is 0.156. The molecule has 0 bridgehead atoms. The van der Waals surface area contributed by atoms with Gasteiger partial charge in [0.2, 0.25) is 0 Å². The molecule has 0 unspecified atom stereocenters. The molecule has 0 aliphatic heterocycles. The predicted molar refractivity (Wildman–Crippen MR) is 116 cm³/mol. The summed E-state index contributed by atoms with van der Waals surface area (Å²) in [4.78, 5) is 10.4. The van der Waals surface area contributed by atoms with E-state index in [-0.39, 0.29) is 7.92 Å². The number of hydrogen-bond donors (Lipinski definition) is 1. The average molecular weight is 399 g/mol. The summed E-state index contributed by atoms with van der Waals surface area (Å²) in [5.74, 6) is -0.660. The van der Waals surface area contributed by atoms with Crippen molar-refractivity contribution in [2.45, 2.75) is 135 Å². The van der Waals surface area contributed by atoms with Crippen LogP contribution in [-0.4, -0.2) is 11.1 Å². The number of carboxylic acid groups (broad SMARTS) is 1. The van der Waals surface area contributed by atoms with Gasteiger partial charge in [-0.05, 0) is 6.42 Å². The molecule has 27 heavy (non-hydrogen) atoms. The maximum atomic E-state index is 10.4. The van der Waals surface area contributed by atoms with Gasteiger partial charge in [0.15, 0.2) is 0 Å². The molecule has 158 valence electrons. The molecule has 3 nitrogen and oxygen atoms in total. The number of aliphatic carboxylic acids is 1. The van der Waals surface area contributed by atoms with Gasteiger partial charge in [0, 0.05) is 6.42 Å². The van der Waals surface area contributed by atoms with Crippen molar-refractivity contribution in [2.24, 2.45) is 0 Å². The van der Waals surface area contributed by atoms with Crippen LogP contribution in [0.25, 0.3) is 0 Å². The molecule has 0 aromatic rings. The Hall–Kier alpha value is -0.520. The first-order valence-corrected chi connectivity index (χ1v) is 12.4. The van der Waals surface area contributed by atoms with Crippen molar-refractivity contribution >= 4 is 13.9 Å². The van der Waals surface area contributed by atoms with Gasteiger partial charge in [0.1, 0.15) is 0 Å². The summed E-state index contributed by atoms with van der Waals surface area (Å²) in [5.41, 5.74) is 2.81. The fourth-order valence-electron chi connectivity index (χ4n) is 3.53. The number of hydrogen-bond acceptors (Lipinski definition) is 2. The van der Waals surface area contributed by atoms with Gasteiger partial charge in [-0.3, -0.25) is 4.79 Å². The van der Waals surface area contributed by atoms with Crippen LogP contribution in [-0.2, 0) is 9.36 Å². The molecule has 0 aromatic heterocycles. The van der Waals surface area contributed by atoms with E-state index in [0.29, 0.717) is 6.42 Å². The Kier molecular flexibility index (Phi) is 23.1. The van der Waals surface area contributed by atoms with Crippen LogP contribution in [0, 0.1) is 5.63 Å². The molecule has 1 N–H and O–H groups in total. The molecular weight excluding hydrogens is 355 g/mol. The summed E-state index contributed by atoms with van der Waals surface area (Å²) < 4.78 is 10.2. The Morgan fingerprint density at radius 1 is 0.556 bits per heavy atom. The average Bonchev–Trinajstić information content (AvgIpc) is 2.65. The molecule has 0 aliphatic carbocycles. The zero-order valence-corrected chi connectivity index (χ0v) is 18.5. The topological polar surface area (TPSA) is 54.4 Å². The van der Waals surface area contributed by atoms with Gasteiger partial charge in [0.05, 0.1) is 0 Å². The normalized spacial score (nSPS) is 10.7. The summed E-state index contributed by atoms with van der Waals surface area (Å²) >= 11 is 0. The van der Waals surface area contributed by atoms with E-state index in [4.69, 9.17) is 5.11 Å². The van der Waals surface area contributed by atoms with E-state index in [9.17, 15) is 9.36 Å². The van der Waals surface area contributed by atoms with Crippen molar-refractivity contribution in [1.29, 1.82) is 0 Å². The van der Waals surface area contributed by atoms with Gasteiger partial charge >= 0.3 is 94.7 Å². The minimum absolute atomic E-state index is 0.0651. The fourth-order valence-corrected chi connectivity index (χ4v) is 3.78. The Balaban J connectivity index is 3.01. The van der Waals surface area contributed by atoms with E-state index in [1.807, 2.05) is 0 Å². The van der Waals surface area contributed by atoms with Crippen LogP contribution in [0.2, 0.25) is 0 Å². The molecular formula is C23H43O3P. The number of carboxylic acids is 1. The standard InChI is InChI=1S/C23H43O3P/c24-23(25)21-19-17-15-13-11-9-7-5-3-1-2-4-6-8-10-12-14-16-18-20-22-27-26/h1-21H2,(H,24,25). The van der Waals surface area contributed by atoms with Gasteiger partial charge in [0.25, 0.3) is 0 Å². The Morgan fingerprint density at radius 3 is 1.15 bits per heavy atom. The second-order valence-corrected chi connectivity index (χ2v) is 8.36. The SMILES string of the molecule is O=P#CCCCCCCCCCCCCCCCCCCCCCC(=O)O. The molecule has 0 amide bonds. The van der Waals surface area contributed by atoms with Crippen LogP contribution in [0.15, 0.2) is 0 Å². The van der Waals surface area contributed by atoms with E-state index in [1.54, 1.807) is 0 Å². The first-order chi connectivity index (χ1) is 13.3. The minimum atomic E-state index is -0.660. The van der Waals surface area contributed by atoms with Gasteiger partial charge in [-0.25, -0.2) is 0 Å². The molecule has 0 saturated heterocycles. The van der Waals surface area contributed by atoms with E-state index in [2.05, 4.69) is 5.63 Å². The van der Waals surface area contributed by atoms with Crippen molar-refractivity contribution in [1.82, 2.24) is 0 Å². The fraction of sp³-hybridized carbons (Fsp3) is 0.913. The Bertz CT molecular complexity index is 416. The molecule has 0 fully saturated rings. The molecule has 0 atom stereocenters. The third-order valence-corrected chi connectivity index (χ3v) is 5.60. The van der Waals surface area contributed by atoms with E-state index >= 15 is 0 Å². The van der Waals surface area contributed by atoms with E-state index in [0.717, 1.165) is 25.7 Å². The third kappa shape index (κ3) is 25.5. The van der Waals surface area contributed by atoms with Crippen LogP contribution < -0.4 is 0 Å². The number of unbranched alkanes of at least 4 members (excludes halogenated alkanes) is 19. The van der Waals surface area contributed by atoms with Gasteiger partial charge in [-0.1, -0.05) is 51.4 Å². The first-order valence-electron chi connectivity index (χ1n) is 11.5. The van der Waals surface area contributed by atoms with Crippen molar-refractivity contribution in [3.8, 4) is 5.63 Å². The van der Waals surface area contributed by atoms with Crippen LogP contribution in [0.5, 0.6) is 0 Å². The molecule has 4 heteroatoms. The Labute approximate surface area is 169 Å². The molecule has 0 rings (SSSR count). The minimum Gasteiger partial charge on any atom is -0.481 e. The monoisotopic (exact) mass is 398 g/mol. The Morgan fingerprint density at radius 2 is 0.852 bits per heavy atom. The van der Waals surface area contributed by atoms with Crippen molar-refractivity contribution in [2.75, 3.05) is 0 Å². The third-order valence-electron chi connectivity index (χ3n) is 5.24. The number of rotatable bonds is 21. The van der Waals surface area contributed by atoms with Crippen LogP contribution >= 0.6 is 7.92 Å². The summed E-state index contributed by atoms with van der Waals surface area (Å²) in [7, 11) is 0.0651. The zero-order chi connectivity index (χ0) is 19.8. The molecule has 0 spiro atoms. The van der Waals surface area contributed by atoms with Crippen LogP contribution in [0.3, 0.4) is 0 Å². The van der Waals surface area contributed by atoms with E-state index in [1.165, 1.54) is 103 Å². The molecule has 0 aliphatic rings. The van der Waals surface area contributed by atoms with Crippen molar-refractivity contribution in [3.05, 3.63) is 0 Å². The summed E-state index contributed by atoms with van der Waals surface area (Å²) in [6.45, 7) is 0. The van der Waals surface area contributed by atoms with Gasteiger partial charge in [-0.2, -0.15) is 0 Å². The summed E-state index contributed by atoms with van der Waals surface area (Å²) in [5, 5.41) is 8.57. The van der Waals surface area contributed by atoms with Crippen molar-refractivity contribution in [3.63, 3.8) is 0 Å². The summed E-state index contributed by atoms with van der Waals surface area (Å²) in [6, 6.07) is 0. The smallest absolute Gasteiger partial charge is 0.481 e. The maximum absolute atomic E-state index is 10.4. The zero-order valence-electron chi connectivity index (χ0n) is 17.6. The van der Waals surface area contributed by atoms with E-state index < -0.39 is 5.97 Å². The van der Waals surface area contributed by atoms with Crippen LogP contribution in [0.4, 0.5) is 0 Å². The van der Waals surface area contributed by atoms with Crippen LogP contribution in [0.1, 0.15) is 135 Å². The molecule has 0 radical (unpaired) electrons. The molecule has 0 aromatic carbocycles. The summed E-state index contributed by atoms with van der Waals surface area (Å²) in [6.07, 6.45) is 25.9.